The van der Waals surface area contributed by atoms with Crippen LogP contribution in [0.4, 0.5) is 5.69 Å². The summed E-state index contributed by atoms with van der Waals surface area (Å²) >= 11 is 0. The molecule has 2 rings (SSSR count). The number of amides is 1. The third-order valence-corrected chi connectivity index (χ3v) is 3.54. The number of aryl methyl sites for hydroxylation is 1. The first-order valence-electron chi connectivity index (χ1n) is 7.92. The number of carbonyl (C=O) groups is 2. The van der Waals surface area contributed by atoms with Gasteiger partial charge in [-0.15, -0.1) is 0 Å². The van der Waals surface area contributed by atoms with Crippen molar-refractivity contribution < 1.29 is 14.3 Å². The molecule has 0 saturated carbocycles. The minimum Gasteiger partial charge on any atom is -0.465 e. The van der Waals surface area contributed by atoms with Crippen molar-refractivity contribution in [3.63, 3.8) is 0 Å². The third-order valence-electron chi connectivity index (χ3n) is 3.54. The van der Waals surface area contributed by atoms with Gasteiger partial charge >= 0.3 is 5.97 Å². The normalized spacial score (nSPS) is 10.2. The molecule has 2 aromatic carbocycles. The molecular weight excluding hydrogens is 304 g/mol. The molecule has 126 valence electrons. The van der Waals surface area contributed by atoms with Crippen LogP contribution in [-0.2, 0) is 16.0 Å². The molecule has 0 unspecified atom stereocenters. The van der Waals surface area contributed by atoms with Gasteiger partial charge in [0.05, 0.1) is 19.2 Å². The molecule has 24 heavy (non-hydrogen) atoms. The van der Waals surface area contributed by atoms with Gasteiger partial charge in [-0.05, 0) is 49.2 Å². The van der Waals surface area contributed by atoms with Crippen LogP contribution >= 0.6 is 0 Å². The van der Waals surface area contributed by atoms with Gasteiger partial charge in [0.25, 0.3) is 0 Å². The van der Waals surface area contributed by atoms with E-state index in [1.165, 1.54) is 12.7 Å². The maximum absolute atomic E-state index is 11.9. The number of hydrogen-bond acceptors (Lipinski definition) is 4. The second-order valence-corrected chi connectivity index (χ2v) is 5.38. The molecule has 2 aromatic rings. The Labute approximate surface area is 142 Å². The Morgan fingerprint density at radius 3 is 2.38 bits per heavy atom. The number of carbonyl (C=O) groups excluding carboxylic acids is 2. The standard InChI is InChI=1S/C19H22N2O3/c1-24-19(23)16-9-11-17(12-10-16)21-18(22)14-20-13-5-8-15-6-3-2-4-7-15/h2-4,6-7,9-12,20H,5,8,13-14H2,1H3,(H,21,22). The summed E-state index contributed by atoms with van der Waals surface area (Å²) in [6, 6.07) is 16.9. The van der Waals surface area contributed by atoms with Crippen LogP contribution in [0.1, 0.15) is 22.3 Å². The third kappa shape index (κ3) is 5.85. The fourth-order valence-electron chi connectivity index (χ4n) is 2.28. The number of anilines is 1. The van der Waals surface area contributed by atoms with Gasteiger partial charge in [0.2, 0.25) is 5.91 Å². The van der Waals surface area contributed by atoms with E-state index in [9.17, 15) is 9.59 Å². The lowest BCUT2D eigenvalue weighted by atomic mass is 10.1. The van der Waals surface area contributed by atoms with Gasteiger partial charge in [0.1, 0.15) is 0 Å². The zero-order valence-corrected chi connectivity index (χ0v) is 13.7. The number of ether oxygens (including phenoxy) is 1. The predicted octanol–water partition coefficient (Wildman–Crippen LogP) is 2.63. The molecule has 5 heteroatoms. The molecule has 0 spiro atoms. The zero-order valence-electron chi connectivity index (χ0n) is 13.7. The smallest absolute Gasteiger partial charge is 0.337 e. The molecule has 2 N–H and O–H groups in total. The summed E-state index contributed by atoms with van der Waals surface area (Å²) in [5.74, 6) is -0.506. The van der Waals surface area contributed by atoms with Crippen LogP contribution in [0.5, 0.6) is 0 Å². The molecule has 1 amide bonds. The topological polar surface area (TPSA) is 67.4 Å². The first-order valence-corrected chi connectivity index (χ1v) is 7.92. The summed E-state index contributed by atoms with van der Waals surface area (Å²) < 4.78 is 4.63. The van der Waals surface area contributed by atoms with Gasteiger partial charge < -0.3 is 15.4 Å². The number of esters is 1. The molecule has 0 saturated heterocycles. The van der Waals surface area contributed by atoms with Crippen molar-refractivity contribution in [1.29, 1.82) is 0 Å². The van der Waals surface area contributed by atoms with Crippen LogP contribution in [0, 0.1) is 0 Å². The summed E-state index contributed by atoms with van der Waals surface area (Å²) in [6.07, 6.45) is 1.97. The van der Waals surface area contributed by atoms with E-state index in [0.717, 1.165) is 19.4 Å². The summed E-state index contributed by atoms with van der Waals surface area (Å²) in [5.41, 5.74) is 2.41. The molecule has 0 aliphatic rings. The predicted molar refractivity (Wildman–Crippen MR) is 94.0 cm³/mol. The zero-order chi connectivity index (χ0) is 17.2. The van der Waals surface area contributed by atoms with Gasteiger partial charge in [-0.2, -0.15) is 0 Å². The average Bonchev–Trinajstić information content (AvgIpc) is 2.62. The highest BCUT2D eigenvalue weighted by atomic mass is 16.5. The molecule has 0 aliphatic carbocycles. The van der Waals surface area contributed by atoms with Crippen LogP contribution < -0.4 is 10.6 Å². The lowest BCUT2D eigenvalue weighted by Crippen LogP contribution is -2.29. The van der Waals surface area contributed by atoms with Crippen molar-refractivity contribution in [2.45, 2.75) is 12.8 Å². The van der Waals surface area contributed by atoms with Crippen molar-refractivity contribution >= 4 is 17.6 Å². The number of hydrogen-bond donors (Lipinski definition) is 2. The SMILES string of the molecule is COC(=O)c1ccc(NC(=O)CNCCCc2ccccc2)cc1. The van der Waals surface area contributed by atoms with E-state index in [0.29, 0.717) is 11.3 Å². The molecule has 5 nitrogen and oxygen atoms in total. The Bertz CT molecular complexity index is 654. The lowest BCUT2D eigenvalue weighted by Gasteiger charge is -2.07. The van der Waals surface area contributed by atoms with Crippen molar-refractivity contribution in [2.24, 2.45) is 0 Å². The summed E-state index contributed by atoms with van der Waals surface area (Å²) in [5, 5.41) is 5.91. The highest BCUT2D eigenvalue weighted by Crippen LogP contribution is 2.10. The Kier molecular flexibility index (Phi) is 6.98. The maximum Gasteiger partial charge on any atom is 0.337 e. The van der Waals surface area contributed by atoms with Crippen LogP contribution in [0.25, 0.3) is 0 Å². The van der Waals surface area contributed by atoms with Crippen molar-refractivity contribution in [2.75, 3.05) is 25.5 Å². The highest BCUT2D eigenvalue weighted by Gasteiger charge is 2.06. The van der Waals surface area contributed by atoms with Crippen molar-refractivity contribution in [3.05, 3.63) is 65.7 Å². The van der Waals surface area contributed by atoms with E-state index in [2.05, 4.69) is 27.5 Å². The van der Waals surface area contributed by atoms with Crippen molar-refractivity contribution in [3.8, 4) is 0 Å². The van der Waals surface area contributed by atoms with Gasteiger partial charge in [0.15, 0.2) is 0 Å². The number of benzene rings is 2. The molecule has 0 atom stereocenters. The molecule has 0 aromatic heterocycles. The number of methoxy groups -OCH3 is 1. The highest BCUT2D eigenvalue weighted by molar-refractivity contribution is 5.93. The van der Waals surface area contributed by atoms with Gasteiger partial charge in [0, 0.05) is 5.69 Å². The first-order chi connectivity index (χ1) is 11.7. The first kappa shape index (κ1) is 17.7. The molecule has 0 bridgehead atoms. The fourth-order valence-corrected chi connectivity index (χ4v) is 2.28. The molecule has 0 radical (unpaired) electrons. The largest absolute Gasteiger partial charge is 0.465 e. The second-order valence-electron chi connectivity index (χ2n) is 5.38. The minimum absolute atomic E-state index is 0.111. The van der Waals surface area contributed by atoms with E-state index in [-0.39, 0.29) is 12.5 Å². The molecular formula is C19H22N2O3. The van der Waals surface area contributed by atoms with E-state index in [1.54, 1.807) is 24.3 Å². The van der Waals surface area contributed by atoms with Crippen molar-refractivity contribution in [1.82, 2.24) is 5.32 Å². The van der Waals surface area contributed by atoms with Crippen LogP contribution in [0.2, 0.25) is 0 Å². The van der Waals surface area contributed by atoms with Gasteiger partial charge in [-0.3, -0.25) is 4.79 Å². The number of rotatable bonds is 8. The van der Waals surface area contributed by atoms with Crippen LogP contribution in [0.3, 0.4) is 0 Å². The summed E-state index contributed by atoms with van der Waals surface area (Å²) in [4.78, 5) is 23.2. The molecule has 0 heterocycles. The second kappa shape index (κ2) is 9.47. The van der Waals surface area contributed by atoms with Crippen LogP contribution in [0.15, 0.2) is 54.6 Å². The van der Waals surface area contributed by atoms with Gasteiger partial charge in [-0.25, -0.2) is 4.79 Å². The van der Waals surface area contributed by atoms with E-state index < -0.39 is 5.97 Å². The summed E-state index contributed by atoms with van der Waals surface area (Å²) in [7, 11) is 1.33. The number of nitrogens with one attached hydrogen (secondary N) is 2. The van der Waals surface area contributed by atoms with Gasteiger partial charge in [-0.1, -0.05) is 30.3 Å². The van der Waals surface area contributed by atoms with E-state index in [1.807, 2.05) is 18.2 Å². The van der Waals surface area contributed by atoms with Crippen LogP contribution in [-0.4, -0.2) is 32.1 Å². The summed E-state index contributed by atoms with van der Waals surface area (Å²) in [6.45, 7) is 1.04. The minimum atomic E-state index is -0.395. The molecule has 0 fully saturated rings. The quantitative estimate of drug-likeness (QED) is 0.578. The Hall–Kier alpha value is -2.66. The Morgan fingerprint density at radius 2 is 1.71 bits per heavy atom. The van der Waals surface area contributed by atoms with E-state index >= 15 is 0 Å². The maximum atomic E-state index is 11.9. The Morgan fingerprint density at radius 1 is 1.00 bits per heavy atom. The molecule has 0 aliphatic heterocycles. The average molecular weight is 326 g/mol. The van der Waals surface area contributed by atoms with E-state index in [4.69, 9.17) is 0 Å². The fraction of sp³-hybridized carbons (Fsp3) is 0.263. The lowest BCUT2D eigenvalue weighted by molar-refractivity contribution is -0.115. The Balaban J connectivity index is 1.65. The monoisotopic (exact) mass is 326 g/mol.